The van der Waals surface area contributed by atoms with Crippen molar-refractivity contribution < 1.29 is 14.3 Å². The van der Waals surface area contributed by atoms with Crippen molar-refractivity contribution in [2.45, 2.75) is 40.5 Å². The maximum absolute atomic E-state index is 13.0. The van der Waals surface area contributed by atoms with Gasteiger partial charge in [0.2, 0.25) is 0 Å². The molecule has 146 valence electrons. The van der Waals surface area contributed by atoms with Gasteiger partial charge in [-0.15, -0.1) is 0 Å². The second kappa shape index (κ2) is 8.15. The first-order chi connectivity index (χ1) is 12.9. The highest BCUT2D eigenvalue weighted by atomic mass is 16.5. The van der Waals surface area contributed by atoms with Gasteiger partial charge >= 0.3 is 0 Å². The van der Waals surface area contributed by atoms with E-state index >= 15 is 0 Å². The van der Waals surface area contributed by atoms with Crippen LogP contribution in [-0.4, -0.2) is 47.9 Å². The number of benzene rings is 1. The summed E-state index contributed by atoms with van der Waals surface area (Å²) in [4.78, 5) is 29.3. The number of ether oxygens (including phenoxy) is 1. The van der Waals surface area contributed by atoms with E-state index in [2.05, 4.69) is 25.7 Å². The second-order valence-corrected chi connectivity index (χ2v) is 7.98. The number of carbonyl (C=O) groups excluding carboxylic acids is 2. The Kier molecular flexibility index (Phi) is 5.88. The fourth-order valence-corrected chi connectivity index (χ4v) is 3.62. The third-order valence-corrected chi connectivity index (χ3v) is 5.29. The van der Waals surface area contributed by atoms with Gasteiger partial charge in [-0.1, -0.05) is 32.9 Å². The van der Waals surface area contributed by atoms with E-state index < -0.39 is 0 Å². The number of likely N-dealkylation sites (N-methyl/N-ethyl adjacent to an activating group) is 1. The van der Waals surface area contributed by atoms with Gasteiger partial charge in [0.15, 0.2) is 0 Å². The monoisotopic (exact) mass is 370 g/mol. The van der Waals surface area contributed by atoms with Crippen LogP contribution in [0.15, 0.2) is 30.0 Å². The van der Waals surface area contributed by atoms with Gasteiger partial charge < -0.3 is 9.64 Å². The molecule has 2 aliphatic rings. The van der Waals surface area contributed by atoms with Crippen LogP contribution in [0, 0.1) is 11.8 Å². The molecule has 0 N–H and O–H groups in total. The zero-order valence-corrected chi connectivity index (χ0v) is 16.8. The summed E-state index contributed by atoms with van der Waals surface area (Å²) >= 11 is 0. The van der Waals surface area contributed by atoms with Gasteiger partial charge in [0, 0.05) is 19.6 Å². The van der Waals surface area contributed by atoms with Crippen molar-refractivity contribution >= 4 is 17.4 Å². The standard InChI is InChI=1S/C22H30N2O3/c1-5-24-21(25)19(17-6-8-18(9-7-17)27-14-15(2)3)20(22(24)26)23-12-10-16(4)11-13-23/h6-9,15-16H,5,10-14H2,1-4H3. The number of piperidine rings is 1. The van der Waals surface area contributed by atoms with Crippen LogP contribution in [0.4, 0.5) is 0 Å². The van der Waals surface area contributed by atoms with Crippen molar-refractivity contribution in [2.24, 2.45) is 11.8 Å². The number of hydrogen-bond donors (Lipinski definition) is 0. The Labute approximate surface area is 162 Å². The first-order valence-electron chi connectivity index (χ1n) is 10.0. The zero-order chi connectivity index (χ0) is 19.6. The first-order valence-corrected chi connectivity index (χ1v) is 10.0. The summed E-state index contributed by atoms with van der Waals surface area (Å²) in [6.07, 6.45) is 2.10. The molecule has 0 unspecified atom stereocenters. The van der Waals surface area contributed by atoms with Gasteiger partial charge in [-0.3, -0.25) is 14.5 Å². The van der Waals surface area contributed by atoms with E-state index in [0.717, 1.165) is 37.2 Å². The molecule has 0 bridgehead atoms. The third kappa shape index (κ3) is 4.02. The Morgan fingerprint density at radius 3 is 2.26 bits per heavy atom. The maximum Gasteiger partial charge on any atom is 0.277 e. The van der Waals surface area contributed by atoms with Gasteiger partial charge in [0.25, 0.3) is 11.8 Å². The molecule has 5 heteroatoms. The highest BCUT2D eigenvalue weighted by Crippen LogP contribution is 2.34. The van der Waals surface area contributed by atoms with Crippen molar-refractivity contribution in [1.29, 1.82) is 0 Å². The molecule has 1 saturated heterocycles. The number of rotatable bonds is 6. The van der Waals surface area contributed by atoms with E-state index in [9.17, 15) is 9.59 Å². The van der Waals surface area contributed by atoms with Crippen LogP contribution in [-0.2, 0) is 9.59 Å². The van der Waals surface area contributed by atoms with Gasteiger partial charge in [-0.25, -0.2) is 0 Å². The number of carbonyl (C=O) groups is 2. The van der Waals surface area contributed by atoms with E-state index in [0.29, 0.717) is 36.3 Å². The molecule has 1 fully saturated rings. The lowest BCUT2D eigenvalue weighted by atomic mass is 9.97. The van der Waals surface area contributed by atoms with Crippen molar-refractivity contribution in [3.05, 3.63) is 35.5 Å². The van der Waals surface area contributed by atoms with Crippen LogP contribution < -0.4 is 4.74 Å². The smallest absolute Gasteiger partial charge is 0.277 e. The van der Waals surface area contributed by atoms with Crippen LogP contribution in [0.25, 0.3) is 5.57 Å². The third-order valence-electron chi connectivity index (χ3n) is 5.29. The largest absolute Gasteiger partial charge is 0.493 e. The van der Waals surface area contributed by atoms with Crippen LogP contribution in [0.2, 0.25) is 0 Å². The summed E-state index contributed by atoms with van der Waals surface area (Å²) in [6, 6.07) is 7.55. The van der Waals surface area contributed by atoms with E-state index in [-0.39, 0.29) is 11.8 Å². The van der Waals surface area contributed by atoms with Crippen molar-refractivity contribution in [3.8, 4) is 5.75 Å². The Hall–Kier alpha value is -2.30. The number of likely N-dealkylation sites (tertiary alicyclic amines) is 1. The number of imide groups is 1. The summed E-state index contributed by atoms with van der Waals surface area (Å²) in [6.45, 7) is 11.0. The number of amides is 2. The molecule has 27 heavy (non-hydrogen) atoms. The van der Waals surface area contributed by atoms with Crippen molar-refractivity contribution in [1.82, 2.24) is 9.80 Å². The summed E-state index contributed by atoms with van der Waals surface area (Å²) in [7, 11) is 0. The van der Waals surface area contributed by atoms with Gasteiger partial charge in [-0.05, 0) is 49.3 Å². The second-order valence-electron chi connectivity index (χ2n) is 7.98. The van der Waals surface area contributed by atoms with Crippen LogP contribution in [0.3, 0.4) is 0 Å². The highest BCUT2D eigenvalue weighted by Gasteiger charge is 2.41. The molecule has 1 aromatic carbocycles. The summed E-state index contributed by atoms with van der Waals surface area (Å²) in [5, 5.41) is 0. The van der Waals surface area contributed by atoms with E-state index in [1.807, 2.05) is 31.2 Å². The Balaban J connectivity index is 1.92. The van der Waals surface area contributed by atoms with Crippen LogP contribution >= 0.6 is 0 Å². The van der Waals surface area contributed by atoms with Gasteiger partial charge in [0.1, 0.15) is 11.4 Å². The molecular formula is C22H30N2O3. The minimum absolute atomic E-state index is 0.160. The minimum Gasteiger partial charge on any atom is -0.493 e. The lowest BCUT2D eigenvalue weighted by molar-refractivity contribution is -0.137. The lowest BCUT2D eigenvalue weighted by Gasteiger charge is -2.32. The van der Waals surface area contributed by atoms with Gasteiger partial charge in [-0.2, -0.15) is 0 Å². The maximum atomic E-state index is 13.0. The number of nitrogens with zero attached hydrogens (tertiary/aromatic N) is 2. The Bertz CT molecular complexity index is 728. The molecule has 0 saturated carbocycles. The molecule has 2 amide bonds. The summed E-state index contributed by atoms with van der Waals surface area (Å²) in [5.41, 5.74) is 1.89. The molecular weight excluding hydrogens is 340 g/mol. The van der Waals surface area contributed by atoms with E-state index in [4.69, 9.17) is 4.74 Å². The predicted molar refractivity (Wildman–Crippen MR) is 106 cm³/mol. The fourth-order valence-electron chi connectivity index (χ4n) is 3.62. The SMILES string of the molecule is CCN1C(=O)C(c2ccc(OCC(C)C)cc2)=C(N2CCC(C)CC2)C1=O. The molecule has 5 nitrogen and oxygen atoms in total. The molecule has 1 aromatic rings. The van der Waals surface area contributed by atoms with Crippen molar-refractivity contribution in [2.75, 3.05) is 26.2 Å². The molecule has 0 radical (unpaired) electrons. The lowest BCUT2D eigenvalue weighted by Crippen LogP contribution is -2.38. The van der Waals surface area contributed by atoms with E-state index in [1.54, 1.807) is 0 Å². The molecule has 2 aliphatic heterocycles. The molecule has 0 spiro atoms. The topological polar surface area (TPSA) is 49.9 Å². The Morgan fingerprint density at radius 2 is 1.70 bits per heavy atom. The average Bonchev–Trinajstić information content (AvgIpc) is 2.91. The molecule has 0 aromatic heterocycles. The fraction of sp³-hybridized carbons (Fsp3) is 0.545. The molecule has 2 heterocycles. The quantitative estimate of drug-likeness (QED) is 0.719. The number of hydrogen-bond acceptors (Lipinski definition) is 4. The first kappa shape index (κ1) is 19.5. The van der Waals surface area contributed by atoms with Crippen LogP contribution in [0.5, 0.6) is 5.75 Å². The summed E-state index contributed by atoms with van der Waals surface area (Å²) in [5.74, 6) is 1.55. The molecule has 3 rings (SSSR count). The Morgan fingerprint density at radius 1 is 1.07 bits per heavy atom. The average molecular weight is 370 g/mol. The zero-order valence-electron chi connectivity index (χ0n) is 16.8. The highest BCUT2D eigenvalue weighted by molar-refractivity contribution is 6.35. The predicted octanol–water partition coefficient (Wildman–Crippen LogP) is 3.55. The molecule has 0 aliphatic carbocycles. The normalized spacial score (nSPS) is 18.9. The van der Waals surface area contributed by atoms with Crippen molar-refractivity contribution in [3.63, 3.8) is 0 Å². The molecule has 0 atom stereocenters. The van der Waals surface area contributed by atoms with Gasteiger partial charge in [0.05, 0.1) is 12.2 Å². The summed E-state index contributed by atoms with van der Waals surface area (Å²) < 4.78 is 5.74. The minimum atomic E-state index is -0.188. The van der Waals surface area contributed by atoms with E-state index in [1.165, 1.54) is 4.90 Å². The van der Waals surface area contributed by atoms with Crippen LogP contribution in [0.1, 0.15) is 46.1 Å².